The number of rotatable bonds is 7. The van der Waals surface area contributed by atoms with Gasteiger partial charge in [0.25, 0.3) is 0 Å². The molecule has 0 saturated heterocycles. The number of aliphatic hydroxyl groups excluding tert-OH is 1. The third-order valence-electron chi connectivity index (χ3n) is 2.73. The van der Waals surface area contributed by atoms with Crippen LogP contribution in [0.4, 0.5) is 11.5 Å². The van der Waals surface area contributed by atoms with Crippen LogP contribution in [0.25, 0.3) is 0 Å². The zero-order valence-electron chi connectivity index (χ0n) is 11.4. The lowest BCUT2D eigenvalue weighted by Gasteiger charge is -2.23. The van der Waals surface area contributed by atoms with E-state index in [0.717, 1.165) is 0 Å². The van der Waals surface area contributed by atoms with Crippen LogP contribution in [0.3, 0.4) is 0 Å². The zero-order chi connectivity index (χ0) is 14.3. The molecule has 0 amide bonds. The lowest BCUT2D eigenvalue weighted by molar-refractivity contribution is 0.0527. The van der Waals surface area contributed by atoms with Gasteiger partial charge in [-0.3, -0.25) is 0 Å². The van der Waals surface area contributed by atoms with Crippen LogP contribution in [-0.4, -0.2) is 42.4 Å². The molecule has 0 saturated carbocycles. The summed E-state index contributed by atoms with van der Waals surface area (Å²) < 4.78 is 4.95. The predicted molar refractivity (Wildman–Crippen MR) is 74.2 cm³/mol. The molecule has 19 heavy (non-hydrogen) atoms. The number of hydrogen-bond acceptors (Lipinski definition) is 6. The molecule has 0 aliphatic carbocycles. The maximum absolute atomic E-state index is 11.8. The van der Waals surface area contributed by atoms with Crippen molar-refractivity contribution < 1.29 is 14.6 Å². The molecule has 1 aromatic heterocycles. The van der Waals surface area contributed by atoms with Gasteiger partial charge in [0, 0.05) is 25.9 Å². The van der Waals surface area contributed by atoms with Crippen LogP contribution in [0.1, 0.15) is 30.6 Å². The molecule has 0 aliphatic rings. The molecule has 0 radical (unpaired) electrons. The Balaban J connectivity index is 3.01. The van der Waals surface area contributed by atoms with E-state index in [1.807, 2.05) is 11.8 Å². The third kappa shape index (κ3) is 3.82. The summed E-state index contributed by atoms with van der Waals surface area (Å²) in [5.41, 5.74) is 6.64. The maximum atomic E-state index is 11.8. The highest BCUT2D eigenvalue weighted by Gasteiger charge is 2.17. The van der Waals surface area contributed by atoms with E-state index >= 15 is 0 Å². The van der Waals surface area contributed by atoms with Gasteiger partial charge in [-0.2, -0.15) is 0 Å². The fourth-order valence-corrected chi connectivity index (χ4v) is 1.78. The second kappa shape index (κ2) is 7.58. The summed E-state index contributed by atoms with van der Waals surface area (Å²) in [7, 11) is 0. The molecule has 0 fully saturated rings. The Labute approximate surface area is 113 Å². The first kappa shape index (κ1) is 15.2. The predicted octanol–water partition coefficient (Wildman–Crippen LogP) is 1.05. The second-order valence-corrected chi connectivity index (χ2v) is 3.97. The summed E-state index contributed by atoms with van der Waals surface area (Å²) in [5.74, 6) is 0.114. The Morgan fingerprint density at radius 3 is 2.84 bits per heavy atom. The number of nitrogens with zero attached hydrogens (tertiary/aromatic N) is 2. The van der Waals surface area contributed by atoms with E-state index in [4.69, 9.17) is 15.6 Å². The summed E-state index contributed by atoms with van der Waals surface area (Å²) in [6.07, 6.45) is 2.16. The lowest BCUT2D eigenvalue weighted by atomic mass is 10.2. The van der Waals surface area contributed by atoms with Crippen molar-refractivity contribution in [2.45, 2.75) is 20.3 Å². The molecular formula is C13H21N3O3. The fourth-order valence-electron chi connectivity index (χ4n) is 1.78. The summed E-state index contributed by atoms with van der Waals surface area (Å²) in [6, 6.07) is 1.55. The molecule has 1 rings (SSSR count). The number of nitrogens with two attached hydrogens (primary N) is 1. The average molecular weight is 267 g/mol. The highest BCUT2D eigenvalue weighted by Crippen LogP contribution is 2.24. The minimum Gasteiger partial charge on any atom is -0.462 e. The van der Waals surface area contributed by atoms with E-state index in [1.54, 1.807) is 19.2 Å². The molecule has 0 bridgehead atoms. The molecule has 0 atom stereocenters. The van der Waals surface area contributed by atoms with E-state index in [9.17, 15) is 4.79 Å². The van der Waals surface area contributed by atoms with E-state index in [2.05, 4.69) is 4.98 Å². The van der Waals surface area contributed by atoms with Gasteiger partial charge in [-0.15, -0.1) is 0 Å². The largest absolute Gasteiger partial charge is 0.462 e. The Morgan fingerprint density at radius 1 is 1.53 bits per heavy atom. The van der Waals surface area contributed by atoms with Crippen LogP contribution in [-0.2, 0) is 4.74 Å². The van der Waals surface area contributed by atoms with Gasteiger partial charge in [-0.25, -0.2) is 9.78 Å². The number of hydrogen-bond donors (Lipinski definition) is 2. The van der Waals surface area contributed by atoms with Crippen LogP contribution in [0.5, 0.6) is 0 Å². The van der Waals surface area contributed by atoms with Gasteiger partial charge in [0.05, 0.1) is 17.9 Å². The maximum Gasteiger partial charge on any atom is 0.340 e. The Morgan fingerprint density at radius 2 is 2.26 bits per heavy atom. The Hall–Kier alpha value is -1.82. The summed E-state index contributed by atoms with van der Waals surface area (Å²) in [5, 5.41) is 8.89. The first-order valence-corrected chi connectivity index (χ1v) is 6.43. The highest BCUT2D eigenvalue weighted by molar-refractivity contribution is 5.97. The lowest BCUT2D eigenvalue weighted by Crippen LogP contribution is -2.27. The van der Waals surface area contributed by atoms with Gasteiger partial charge < -0.3 is 20.5 Å². The Bertz CT molecular complexity index is 424. The van der Waals surface area contributed by atoms with Gasteiger partial charge in [-0.1, -0.05) is 0 Å². The molecule has 1 aromatic rings. The molecule has 0 aliphatic heterocycles. The number of aliphatic hydroxyl groups is 1. The summed E-state index contributed by atoms with van der Waals surface area (Å²) in [4.78, 5) is 17.9. The van der Waals surface area contributed by atoms with Crippen molar-refractivity contribution in [2.24, 2.45) is 0 Å². The molecular weight excluding hydrogens is 246 g/mol. The first-order valence-electron chi connectivity index (χ1n) is 6.43. The van der Waals surface area contributed by atoms with Crippen molar-refractivity contribution in [1.82, 2.24) is 4.98 Å². The number of ether oxygens (including phenoxy) is 1. The van der Waals surface area contributed by atoms with Crippen molar-refractivity contribution in [1.29, 1.82) is 0 Å². The van der Waals surface area contributed by atoms with Gasteiger partial charge >= 0.3 is 5.97 Å². The van der Waals surface area contributed by atoms with Crippen LogP contribution >= 0.6 is 0 Å². The summed E-state index contributed by atoms with van der Waals surface area (Å²) in [6.45, 7) is 5.46. The average Bonchev–Trinajstić information content (AvgIpc) is 2.41. The van der Waals surface area contributed by atoms with E-state index in [-0.39, 0.29) is 6.61 Å². The summed E-state index contributed by atoms with van der Waals surface area (Å²) >= 11 is 0. The molecule has 0 unspecified atom stereocenters. The van der Waals surface area contributed by atoms with Crippen LogP contribution in [0.2, 0.25) is 0 Å². The Kier molecular flexibility index (Phi) is 6.08. The number of carbonyl (C=O) groups excluding carboxylic acids is 1. The fraction of sp³-hybridized carbons (Fsp3) is 0.538. The SMILES string of the molecule is CCOC(=O)c1ccnc(N(CC)CCCO)c1N. The second-order valence-electron chi connectivity index (χ2n) is 3.97. The van der Waals surface area contributed by atoms with Crippen LogP contribution in [0.15, 0.2) is 12.3 Å². The normalized spacial score (nSPS) is 10.3. The third-order valence-corrected chi connectivity index (χ3v) is 2.73. The highest BCUT2D eigenvalue weighted by atomic mass is 16.5. The van der Waals surface area contributed by atoms with E-state index in [1.165, 1.54) is 0 Å². The molecule has 6 heteroatoms. The minimum atomic E-state index is -0.443. The first-order chi connectivity index (χ1) is 9.15. The zero-order valence-corrected chi connectivity index (χ0v) is 11.4. The quantitative estimate of drug-likeness (QED) is 0.718. The monoisotopic (exact) mass is 267 g/mol. The number of nitrogen functional groups attached to an aromatic ring is 1. The van der Waals surface area contributed by atoms with E-state index in [0.29, 0.717) is 43.2 Å². The number of aromatic nitrogens is 1. The van der Waals surface area contributed by atoms with Crippen LogP contribution < -0.4 is 10.6 Å². The molecule has 1 heterocycles. The van der Waals surface area contributed by atoms with Gasteiger partial charge in [0.2, 0.25) is 0 Å². The molecule has 6 nitrogen and oxygen atoms in total. The molecule has 0 aromatic carbocycles. The molecule has 106 valence electrons. The van der Waals surface area contributed by atoms with Crippen molar-refractivity contribution in [3.63, 3.8) is 0 Å². The smallest absolute Gasteiger partial charge is 0.340 e. The van der Waals surface area contributed by atoms with Gasteiger partial charge in [0.1, 0.15) is 0 Å². The number of pyridine rings is 1. The van der Waals surface area contributed by atoms with Crippen LogP contribution in [0, 0.1) is 0 Å². The van der Waals surface area contributed by atoms with Gasteiger partial charge in [0.15, 0.2) is 5.82 Å². The number of carbonyl (C=O) groups is 1. The number of esters is 1. The minimum absolute atomic E-state index is 0.105. The molecule has 0 spiro atoms. The van der Waals surface area contributed by atoms with Crippen molar-refractivity contribution in [3.05, 3.63) is 17.8 Å². The topological polar surface area (TPSA) is 88.7 Å². The van der Waals surface area contributed by atoms with Crippen molar-refractivity contribution >= 4 is 17.5 Å². The van der Waals surface area contributed by atoms with Crippen molar-refractivity contribution in [3.8, 4) is 0 Å². The van der Waals surface area contributed by atoms with Crippen molar-refractivity contribution in [2.75, 3.05) is 36.9 Å². The standard InChI is InChI=1S/C13H21N3O3/c1-3-16(8-5-9-17)12-11(14)10(6-7-15-12)13(18)19-4-2/h6-7,17H,3-5,8-9,14H2,1-2H3. The number of anilines is 2. The van der Waals surface area contributed by atoms with Gasteiger partial charge in [-0.05, 0) is 26.3 Å². The molecule has 3 N–H and O–H groups in total. The van der Waals surface area contributed by atoms with E-state index < -0.39 is 5.97 Å².